The average molecular weight is 668 g/mol. The molecule has 1 fully saturated rings. The number of nitrogens with one attached hydrogen (secondary N) is 2. The lowest BCUT2D eigenvalue weighted by Crippen LogP contribution is -2.65. The Kier molecular flexibility index (Phi) is 8.33. The molecule has 47 heavy (non-hydrogen) atoms. The van der Waals surface area contributed by atoms with Gasteiger partial charge in [-0.05, 0) is 69.6 Å². The first kappa shape index (κ1) is 33.4. The number of hydrogen-bond acceptors (Lipinski definition) is 11. The number of urea groups is 1. The lowest BCUT2D eigenvalue weighted by molar-refractivity contribution is -0.153. The second kappa shape index (κ2) is 11.7. The third-order valence-electron chi connectivity index (χ3n) is 9.04. The van der Waals surface area contributed by atoms with Gasteiger partial charge in [0.15, 0.2) is 22.9 Å². The molecule has 4 atom stereocenters. The first-order chi connectivity index (χ1) is 21.9. The van der Waals surface area contributed by atoms with Crippen LogP contribution in [-0.2, 0) is 20.8 Å². The van der Waals surface area contributed by atoms with Crippen LogP contribution < -0.4 is 21.3 Å². The second-order valence-electron chi connectivity index (χ2n) is 12.3. The van der Waals surface area contributed by atoms with Crippen molar-refractivity contribution < 1.29 is 44.4 Å². The number of amides is 3. The molecule has 2 aromatic carbocycles. The molecule has 0 unspecified atom stereocenters. The number of primary amides is 1. The number of halogens is 1. The minimum Gasteiger partial charge on any atom is -0.508 e. The number of anilines is 3. The first-order valence-corrected chi connectivity index (χ1v) is 14.9. The molecule has 8 N–H and O–H groups in total. The molecule has 0 aromatic heterocycles. The largest absolute Gasteiger partial charge is 0.508 e. The van der Waals surface area contributed by atoms with Gasteiger partial charge in [-0.15, -0.1) is 0 Å². The quantitative estimate of drug-likeness (QED) is 0.135. The van der Waals surface area contributed by atoms with Crippen molar-refractivity contribution in [3.8, 4) is 5.75 Å². The van der Waals surface area contributed by atoms with Crippen LogP contribution in [0, 0.1) is 11.8 Å². The highest BCUT2D eigenvalue weighted by molar-refractivity contribution is 6.31. The molecule has 0 aliphatic heterocycles. The number of aliphatic hydroxyl groups is 3. The summed E-state index contributed by atoms with van der Waals surface area (Å²) in [6, 6.07) is 3.73. The zero-order valence-corrected chi connectivity index (χ0v) is 26.9. The van der Waals surface area contributed by atoms with Crippen molar-refractivity contribution >= 4 is 63.7 Å². The summed E-state index contributed by atoms with van der Waals surface area (Å²) in [6.07, 6.45) is -0.00376. The molecular formula is C32H34ClN5O9. The Morgan fingerprint density at radius 1 is 1.02 bits per heavy atom. The third-order valence-corrected chi connectivity index (χ3v) is 9.27. The number of Topliss-reactive ketones (excluding diaryl/α,β-unsaturated/α-hetero) is 3. The number of carbonyl (C=O) groups excluding carboxylic acids is 5. The van der Waals surface area contributed by atoms with Crippen LogP contribution in [0.5, 0.6) is 5.75 Å². The number of aromatic hydroxyl groups is 1. The van der Waals surface area contributed by atoms with Crippen LogP contribution in [0.3, 0.4) is 0 Å². The zero-order valence-electron chi connectivity index (χ0n) is 26.1. The van der Waals surface area contributed by atoms with E-state index in [1.165, 1.54) is 50.2 Å². The van der Waals surface area contributed by atoms with Crippen LogP contribution in [-0.4, -0.2) is 94.4 Å². The molecule has 3 aliphatic rings. The summed E-state index contributed by atoms with van der Waals surface area (Å²) in [7, 11) is 6.43. The topological polar surface area (TPSA) is 223 Å². The number of hydrogen-bond donors (Lipinski definition) is 7. The maximum absolute atomic E-state index is 14.1. The highest BCUT2D eigenvalue weighted by Crippen LogP contribution is 2.54. The van der Waals surface area contributed by atoms with Gasteiger partial charge in [-0.25, -0.2) is 4.79 Å². The van der Waals surface area contributed by atoms with E-state index in [9.17, 15) is 44.4 Å². The molecule has 0 bridgehead atoms. The van der Waals surface area contributed by atoms with Gasteiger partial charge in [-0.2, -0.15) is 0 Å². The van der Waals surface area contributed by atoms with E-state index in [0.717, 1.165) is 0 Å². The summed E-state index contributed by atoms with van der Waals surface area (Å²) in [5, 5.41) is 51.3. The van der Waals surface area contributed by atoms with E-state index in [1.807, 2.05) is 0 Å². The number of nitrogens with two attached hydrogens (primary N) is 1. The van der Waals surface area contributed by atoms with Gasteiger partial charge in [0.05, 0.1) is 23.0 Å². The minimum atomic E-state index is -2.78. The molecule has 248 valence electrons. The summed E-state index contributed by atoms with van der Waals surface area (Å²) in [5.41, 5.74) is 2.18. The molecule has 14 nitrogen and oxygen atoms in total. The van der Waals surface area contributed by atoms with E-state index in [4.69, 9.17) is 17.3 Å². The standard InChI is InChI=1S/C32H34ClN5O9/c1-12(39)15-10-14(33)6-7-18(15)35-31(46)36-19-11-20(37(2)3)16-8-13-9-17-24(38(4)5)27(42)23(30(34)45)29(44)32(17,47)28(43)21(13)26(41)22(16)25(19)40/h6-7,10-11,13,17,24,40-41,44,47H,8-9H2,1-5H3,(H2,34,45)(H2,35,36,46)/t13-,17-,24-,32-/m0/s1. The Hall–Kier alpha value is -4.92. The fourth-order valence-corrected chi connectivity index (χ4v) is 7.15. The van der Waals surface area contributed by atoms with Gasteiger partial charge in [0.2, 0.25) is 5.78 Å². The number of fused-ring (bicyclic) bond motifs is 3. The summed E-state index contributed by atoms with van der Waals surface area (Å²) < 4.78 is 0. The zero-order chi connectivity index (χ0) is 34.9. The van der Waals surface area contributed by atoms with Crippen molar-refractivity contribution in [2.75, 3.05) is 43.7 Å². The highest BCUT2D eigenvalue weighted by Gasteiger charge is 2.64. The Labute approximate surface area is 274 Å². The van der Waals surface area contributed by atoms with Gasteiger partial charge in [0.25, 0.3) is 5.91 Å². The SMILES string of the molecule is CC(=O)c1cc(Cl)ccc1NC(=O)Nc1cc(N(C)C)c2c(c1O)C(O)=C1C(=O)[C@]3(O)C(O)=C(C(N)=O)C(=O)[C@@H](N(C)C)[C@@H]3C[C@@H]1C2. The van der Waals surface area contributed by atoms with E-state index in [2.05, 4.69) is 10.6 Å². The molecule has 0 radical (unpaired) electrons. The van der Waals surface area contributed by atoms with Crippen LogP contribution in [0.1, 0.15) is 34.8 Å². The van der Waals surface area contributed by atoms with Crippen molar-refractivity contribution in [1.82, 2.24) is 4.90 Å². The van der Waals surface area contributed by atoms with Crippen LogP contribution in [0.25, 0.3) is 5.76 Å². The maximum atomic E-state index is 14.1. The van der Waals surface area contributed by atoms with E-state index < -0.39 is 69.8 Å². The summed E-state index contributed by atoms with van der Waals surface area (Å²) in [5.74, 6) is -8.16. The van der Waals surface area contributed by atoms with Crippen LogP contribution in [0.15, 0.2) is 41.2 Å². The summed E-state index contributed by atoms with van der Waals surface area (Å²) >= 11 is 6.00. The number of aliphatic hydroxyl groups excluding tert-OH is 2. The Balaban J connectivity index is 1.62. The molecule has 5 rings (SSSR count). The first-order valence-electron chi connectivity index (χ1n) is 14.5. The van der Waals surface area contributed by atoms with Crippen molar-refractivity contribution in [3.05, 3.63) is 62.9 Å². The molecule has 3 aliphatic carbocycles. The predicted octanol–water partition coefficient (Wildman–Crippen LogP) is 2.53. The third kappa shape index (κ3) is 5.18. The highest BCUT2D eigenvalue weighted by atomic mass is 35.5. The lowest BCUT2D eigenvalue weighted by atomic mass is 9.57. The Morgan fingerprint density at radius 2 is 1.66 bits per heavy atom. The lowest BCUT2D eigenvalue weighted by Gasteiger charge is -2.50. The maximum Gasteiger partial charge on any atom is 0.323 e. The van der Waals surface area contributed by atoms with Crippen LogP contribution in [0.2, 0.25) is 5.02 Å². The number of carbonyl (C=O) groups is 5. The number of phenols is 1. The van der Waals surface area contributed by atoms with Gasteiger partial charge >= 0.3 is 6.03 Å². The van der Waals surface area contributed by atoms with Crippen molar-refractivity contribution in [2.45, 2.75) is 31.4 Å². The van der Waals surface area contributed by atoms with Crippen molar-refractivity contribution in [2.24, 2.45) is 17.6 Å². The van der Waals surface area contributed by atoms with E-state index in [0.29, 0.717) is 11.3 Å². The van der Waals surface area contributed by atoms with Gasteiger partial charge < -0.3 is 41.7 Å². The number of ketones is 3. The number of phenolic OH excluding ortho intramolecular Hbond substituents is 1. The average Bonchev–Trinajstić information content (AvgIpc) is 2.96. The fourth-order valence-electron chi connectivity index (χ4n) is 6.98. The van der Waals surface area contributed by atoms with Crippen LogP contribution >= 0.6 is 11.6 Å². The van der Waals surface area contributed by atoms with Crippen LogP contribution in [0.4, 0.5) is 21.9 Å². The molecule has 2 aromatic rings. The summed E-state index contributed by atoms with van der Waals surface area (Å²) in [4.78, 5) is 67.9. The van der Waals surface area contributed by atoms with E-state index in [1.54, 1.807) is 19.0 Å². The number of rotatable bonds is 6. The van der Waals surface area contributed by atoms with Crippen molar-refractivity contribution in [3.63, 3.8) is 0 Å². The molecule has 0 spiro atoms. The van der Waals surface area contributed by atoms with Gasteiger partial charge in [-0.1, -0.05) is 11.6 Å². The number of nitrogens with zero attached hydrogens (tertiary/aromatic N) is 2. The summed E-state index contributed by atoms with van der Waals surface area (Å²) in [6.45, 7) is 1.30. The minimum absolute atomic E-state index is 0.0643. The Bertz CT molecular complexity index is 1850. The van der Waals surface area contributed by atoms with E-state index >= 15 is 0 Å². The molecule has 0 saturated heterocycles. The van der Waals surface area contributed by atoms with E-state index in [-0.39, 0.29) is 51.7 Å². The fraction of sp³-hybridized carbons (Fsp3) is 0.344. The predicted molar refractivity (Wildman–Crippen MR) is 173 cm³/mol. The van der Waals surface area contributed by atoms with Crippen molar-refractivity contribution in [1.29, 1.82) is 0 Å². The smallest absolute Gasteiger partial charge is 0.323 e. The molecular weight excluding hydrogens is 634 g/mol. The Morgan fingerprint density at radius 3 is 2.23 bits per heavy atom. The van der Waals surface area contributed by atoms with Gasteiger partial charge in [0, 0.05) is 41.9 Å². The number of benzene rings is 2. The molecule has 15 heteroatoms. The molecule has 0 heterocycles. The van der Waals surface area contributed by atoms with Gasteiger partial charge in [-0.3, -0.25) is 24.1 Å². The molecule has 1 saturated carbocycles. The second-order valence-corrected chi connectivity index (χ2v) is 12.8. The van der Waals surface area contributed by atoms with Gasteiger partial charge in [0.1, 0.15) is 17.1 Å². The molecule has 3 amide bonds. The monoisotopic (exact) mass is 667 g/mol. The number of likely N-dealkylation sites (N-methyl/N-ethyl adjacent to an activating group) is 1. The normalized spacial score (nSPS) is 23.6.